The Balaban J connectivity index is 2.11. The molecule has 0 bridgehead atoms. The van der Waals surface area contributed by atoms with E-state index in [2.05, 4.69) is 20.8 Å². The Hall–Kier alpha value is -2.03. The van der Waals surface area contributed by atoms with Gasteiger partial charge in [0.15, 0.2) is 0 Å². The molecule has 1 saturated carbocycles. The summed E-state index contributed by atoms with van der Waals surface area (Å²) in [5.41, 5.74) is 0. The first-order valence-electron chi connectivity index (χ1n) is 17.8. The van der Waals surface area contributed by atoms with Crippen molar-refractivity contribution in [1.29, 1.82) is 0 Å². The number of aliphatic hydroxyl groups is 3. The fourth-order valence-corrected chi connectivity index (χ4v) is 5.66. The molecule has 8 nitrogen and oxygen atoms in total. The van der Waals surface area contributed by atoms with Crippen LogP contribution in [0.15, 0.2) is 24.3 Å². The van der Waals surface area contributed by atoms with Crippen molar-refractivity contribution < 1.29 is 39.2 Å². The number of unbranched alkanes of at least 4 members (excludes halogenated alkanes) is 10. The lowest BCUT2D eigenvalue weighted by atomic mass is 9.90. The number of Topliss-reactive ketones (excluding diaryl/α,β-unsaturated/α-hetero) is 1. The van der Waals surface area contributed by atoms with Crippen LogP contribution in [0.1, 0.15) is 143 Å². The maximum atomic E-state index is 12.4. The van der Waals surface area contributed by atoms with E-state index >= 15 is 0 Å². The van der Waals surface area contributed by atoms with Crippen LogP contribution in [0.5, 0.6) is 0 Å². The molecule has 1 aliphatic carbocycles. The highest BCUT2D eigenvalue weighted by Gasteiger charge is 2.39. The van der Waals surface area contributed by atoms with Crippen LogP contribution >= 0.6 is 0 Å². The number of hydrogen-bond acceptors (Lipinski definition) is 8. The summed E-state index contributed by atoms with van der Waals surface area (Å²) in [5.74, 6) is -0.552. The van der Waals surface area contributed by atoms with Gasteiger partial charge in [0, 0.05) is 31.1 Å². The van der Waals surface area contributed by atoms with Crippen molar-refractivity contribution in [2.75, 3.05) is 13.2 Å². The maximum Gasteiger partial charge on any atom is 0.305 e. The maximum absolute atomic E-state index is 12.4. The summed E-state index contributed by atoms with van der Waals surface area (Å²) in [6.45, 7) is 6.24. The van der Waals surface area contributed by atoms with Gasteiger partial charge in [0.2, 0.25) is 0 Å². The zero-order valence-electron chi connectivity index (χ0n) is 28.5. The first-order chi connectivity index (χ1) is 21.6. The highest BCUT2D eigenvalue weighted by atomic mass is 16.6. The molecule has 0 aromatic rings. The summed E-state index contributed by atoms with van der Waals surface area (Å²) in [6, 6.07) is 0. The van der Waals surface area contributed by atoms with Gasteiger partial charge in [0.05, 0.1) is 12.2 Å². The lowest BCUT2D eigenvalue weighted by molar-refractivity contribution is -0.152. The largest absolute Gasteiger partial charge is 0.463 e. The standard InChI is InChI=1S/C37H64O8/c1-4-5-14-20-30(38)24-25-33-32(34(40)26-35(33)41)21-16-12-13-18-23-37(43)45-28-31(39)27-44-36(42)22-17-11-9-7-6-8-10-15-19-29(2)3/h12,16,24-25,29-33,35,38-39,41H,4-11,13-15,17-23,26-28H2,1-3H3/b16-12-,25-24+/t30-,31-,32+,33+,35+/m0/s1. The van der Waals surface area contributed by atoms with E-state index in [0.29, 0.717) is 32.1 Å². The van der Waals surface area contributed by atoms with E-state index in [1.54, 1.807) is 12.2 Å². The smallest absolute Gasteiger partial charge is 0.305 e. The fraction of sp³-hybridized carbons (Fsp3) is 0.811. The lowest BCUT2D eigenvalue weighted by Gasteiger charge is -2.16. The second-order valence-corrected chi connectivity index (χ2v) is 13.2. The number of ketones is 1. The Morgan fingerprint density at radius 2 is 1.40 bits per heavy atom. The van der Waals surface area contributed by atoms with Gasteiger partial charge in [-0.3, -0.25) is 14.4 Å². The van der Waals surface area contributed by atoms with E-state index in [4.69, 9.17) is 9.47 Å². The molecule has 0 amide bonds. The van der Waals surface area contributed by atoms with Crippen molar-refractivity contribution in [1.82, 2.24) is 0 Å². The first-order valence-corrected chi connectivity index (χ1v) is 17.8. The molecule has 1 fully saturated rings. The third kappa shape index (κ3) is 21.4. The number of aliphatic hydroxyl groups excluding tert-OH is 3. The van der Waals surface area contributed by atoms with Crippen molar-refractivity contribution in [2.45, 2.75) is 161 Å². The minimum atomic E-state index is -1.05. The van der Waals surface area contributed by atoms with Crippen LogP contribution in [0, 0.1) is 17.8 Å². The molecule has 5 atom stereocenters. The Bertz CT molecular complexity index is 851. The van der Waals surface area contributed by atoms with E-state index in [1.165, 1.54) is 38.5 Å². The molecule has 260 valence electrons. The second kappa shape index (κ2) is 26.1. The van der Waals surface area contributed by atoms with E-state index in [1.807, 2.05) is 12.2 Å². The van der Waals surface area contributed by atoms with E-state index in [9.17, 15) is 29.7 Å². The van der Waals surface area contributed by atoms with E-state index < -0.39 is 24.3 Å². The summed E-state index contributed by atoms with van der Waals surface area (Å²) in [5, 5.41) is 30.5. The van der Waals surface area contributed by atoms with Gasteiger partial charge in [-0.25, -0.2) is 0 Å². The molecule has 0 spiro atoms. The van der Waals surface area contributed by atoms with E-state index in [0.717, 1.165) is 44.4 Å². The van der Waals surface area contributed by atoms with Crippen molar-refractivity contribution in [3.05, 3.63) is 24.3 Å². The number of carbonyl (C=O) groups is 3. The van der Waals surface area contributed by atoms with Gasteiger partial charge in [-0.05, 0) is 38.0 Å². The Labute approximate surface area is 273 Å². The van der Waals surface area contributed by atoms with Crippen LogP contribution in [-0.4, -0.2) is 64.6 Å². The minimum absolute atomic E-state index is 0.0312. The molecular formula is C37H64O8. The van der Waals surface area contributed by atoms with Crippen LogP contribution < -0.4 is 0 Å². The molecule has 0 saturated heterocycles. The normalized spacial score (nSPS) is 20.0. The van der Waals surface area contributed by atoms with Crippen molar-refractivity contribution in [2.24, 2.45) is 17.8 Å². The number of allylic oxidation sites excluding steroid dienone is 2. The van der Waals surface area contributed by atoms with Gasteiger partial charge in [0.1, 0.15) is 25.1 Å². The molecule has 0 aromatic carbocycles. The number of esters is 2. The van der Waals surface area contributed by atoms with Crippen LogP contribution in [0.3, 0.4) is 0 Å². The topological polar surface area (TPSA) is 130 Å². The van der Waals surface area contributed by atoms with Crippen molar-refractivity contribution in [3.8, 4) is 0 Å². The van der Waals surface area contributed by atoms with Crippen LogP contribution in [0.25, 0.3) is 0 Å². The number of carbonyl (C=O) groups excluding carboxylic acids is 3. The third-order valence-corrected chi connectivity index (χ3v) is 8.49. The predicted octanol–water partition coefficient (Wildman–Crippen LogP) is 7.17. The molecule has 0 aliphatic heterocycles. The highest BCUT2D eigenvalue weighted by molar-refractivity contribution is 5.84. The summed E-state index contributed by atoms with van der Waals surface area (Å²) < 4.78 is 10.2. The first kappa shape index (κ1) is 41.0. The summed E-state index contributed by atoms with van der Waals surface area (Å²) >= 11 is 0. The average Bonchev–Trinajstić information content (AvgIpc) is 3.27. The molecule has 0 heterocycles. The molecule has 8 heteroatoms. The average molecular weight is 637 g/mol. The quantitative estimate of drug-likeness (QED) is 0.0492. The SMILES string of the molecule is CCCCC[C@H](O)/C=C/[C@H]1[C@H](O)CC(=O)[C@@H]1C/C=C\CCCC(=O)OC[C@@H](O)COC(=O)CCCCCCCCCCC(C)C. The van der Waals surface area contributed by atoms with Gasteiger partial charge in [-0.2, -0.15) is 0 Å². The summed E-state index contributed by atoms with van der Waals surface area (Å²) in [6.07, 6.45) is 21.8. The number of rotatable bonds is 27. The highest BCUT2D eigenvalue weighted by Crippen LogP contribution is 2.33. The van der Waals surface area contributed by atoms with Crippen LogP contribution in [0.2, 0.25) is 0 Å². The monoisotopic (exact) mass is 636 g/mol. The van der Waals surface area contributed by atoms with Gasteiger partial charge in [0.25, 0.3) is 0 Å². The predicted molar refractivity (Wildman–Crippen MR) is 178 cm³/mol. The number of ether oxygens (including phenoxy) is 2. The molecule has 0 unspecified atom stereocenters. The van der Waals surface area contributed by atoms with Crippen LogP contribution in [-0.2, 0) is 23.9 Å². The third-order valence-electron chi connectivity index (χ3n) is 8.49. The molecule has 45 heavy (non-hydrogen) atoms. The summed E-state index contributed by atoms with van der Waals surface area (Å²) in [4.78, 5) is 36.3. The summed E-state index contributed by atoms with van der Waals surface area (Å²) in [7, 11) is 0. The fourth-order valence-electron chi connectivity index (χ4n) is 5.66. The minimum Gasteiger partial charge on any atom is -0.463 e. The molecular weight excluding hydrogens is 572 g/mol. The Kier molecular flexibility index (Phi) is 23.8. The molecule has 1 rings (SSSR count). The Morgan fingerprint density at radius 3 is 2.02 bits per heavy atom. The van der Waals surface area contributed by atoms with E-state index in [-0.39, 0.29) is 49.6 Å². The van der Waals surface area contributed by atoms with Gasteiger partial charge >= 0.3 is 11.9 Å². The van der Waals surface area contributed by atoms with Gasteiger partial charge in [-0.15, -0.1) is 0 Å². The van der Waals surface area contributed by atoms with Crippen molar-refractivity contribution >= 4 is 17.7 Å². The molecule has 0 aromatic heterocycles. The Morgan fingerprint density at radius 1 is 0.822 bits per heavy atom. The second-order valence-electron chi connectivity index (χ2n) is 13.2. The molecule has 3 N–H and O–H groups in total. The lowest BCUT2D eigenvalue weighted by Crippen LogP contribution is -2.25. The molecule has 1 aliphatic rings. The van der Waals surface area contributed by atoms with Gasteiger partial charge in [-0.1, -0.05) is 116 Å². The van der Waals surface area contributed by atoms with Gasteiger partial charge < -0.3 is 24.8 Å². The number of hydrogen-bond donors (Lipinski definition) is 3. The zero-order chi connectivity index (χ0) is 33.3. The zero-order valence-corrected chi connectivity index (χ0v) is 28.5. The van der Waals surface area contributed by atoms with Crippen LogP contribution in [0.4, 0.5) is 0 Å². The molecule has 0 radical (unpaired) electrons. The van der Waals surface area contributed by atoms with Crippen molar-refractivity contribution in [3.63, 3.8) is 0 Å².